The van der Waals surface area contributed by atoms with E-state index in [1.807, 2.05) is 0 Å². The van der Waals surface area contributed by atoms with Crippen molar-refractivity contribution in [3.63, 3.8) is 0 Å². The minimum Gasteiger partial charge on any atom is -0.172 e. The predicted octanol–water partition coefficient (Wildman–Crippen LogP) is 1.57. The summed E-state index contributed by atoms with van der Waals surface area (Å²) in [6.45, 7) is 0.188. The summed E-state index contributed by atoms with van der Waals surface area (Å²) < 4.78 is 31.1. The van der Waals surface area contributed by atoms with Crippen molar-refractivity contribution in [1.29, 1.82) is 0 Å². The van der Waals surface area contributed by atoms with Crippen molar-refractivity contribution in [2.75, 3.05) is 0 Å². The van der Waals surface area contributed by atoms with E-state index in [1.54, 1.807) is 0 Å². The van der Waals surface area contributed by atoms with Crippen LogP contribution < -0.4 is 0 Å². The quantitative estimate of drug-likeness (QED) is 0.511. The van der Waals surface area contributed by atoms with E-state index < -0.39 is 6.18 Å². The van der Waals surface area contributed by atoms with Crippen LogP contribution >= 0.6 is 0 Å². The van der Waals surface area contributed by atoms with Gasteiger partial charge < -0.3 is 0 Å². The molecule has 0 aromatic heterocycles. The maximum atomic E-state index is 10.4. The molecular weight excluding hydrogens is 189 g/mol. The molecule has 0 bridgehead atoms. The Labute approximate surface area is 49.2 Å². The van der Waals surface area contributed by atoms with E-state index in [4.69, 9.17) is 0 Å². The number of rotatable bonds is 0. The second kappa shape index (κ2) is 2.66. The Hall–Kier alpha value is 0.530. The van der Waals surface area contributed by atoms with Gasteiger partial charge in [0.1, 0.15) is 0 Å². The molecule has 1 radical (unpaired) electrons. The van der Waals surface area contributed by atoms with E-state index in [-0.39, 0.29) is 29.3 Å². The molecule has 6 heavy (non-hydrogen) atoms. The number of alkyl halides is 3. The van der Waals surface area contributed by atoms with E-state index in [1.165, 1.54) is 0 Å². The average Bonchev–Trinajstić information content (AvgIpc) is 0.722. The van der Waals surface area contributed by atoms with Crippen LogP contribution in [0.15, 0.2) is 0 Å². The van der Waals surface area contributed by atoms with Gasteiger partial charge in [0.25, 0.3) is 0 Å². The standard InChI is InChI=1S/C2H3F3.Ag/c1-2(3,4)5;/h1H3;. The van der Waals surface area contributed by atoms with Crippen LogP contribution in [0.1, 0.15) is 6.92 Å². The zero-order valence-corrected chi connectivity index (χ0v) is 4.42. The van der Waals surface area contributed by atoms with Crippen molar-refractivity contribution in [2.24, 2.45) is 0 Å². The van der Waals surface area contributed by atoms with Gasteiger partial charge in [0, 0.05) is 29.3 Å². The molecule has 0 saturated carbocycles. The Morgan fingerprint density at radius 2 is 1.17 bits per heavy atom. The summed E-state index contributed by atoms with van der Waals surface area (Å²) in [5.74, 6) is 0. The predicted molar refractivity (Wildman–Crippen MR) is 11.7 cm³/mol. The van der Waals surface area contributed by atoms with Gasteiger partial charge in [-0.25, -0.2) is 0 Å². The number of hydrogen-bond donors (Lipinski definition) is 0. The minimum absolute atomic E-state index is 0. The summed E-state index contributed by atoms with van der Waals surface area (Å²) in [6, 6.07) is 0. The summed E-state index contributed by atoms with van der Waals surface area (Å²) >= 11 is 0. The van der Waals surface area contributed by atoms with Gasteiger partial charge in [-0.05, 0) is 0 Å². The van der Waals surface area contributed by atoms with Crippen LogP contribution in [0.25, 0.3) is 0 Å². The molecule has 4 heteroatoms. The molecule has 0 N–H and O–H groups in total. The summed E-state index contributed by atoms with van der Waals surface area (Å²) in [5, 5.41) is 0. The molecular formula is C2H3AgF3. The summed E-state index contributed by atoms with van der Waals surface area (Å²) in [5.41, 5.74) is 0. The first-order chi connectivity index (χ1) is 2.00. The molecule has 43 valence electrons. The van der Waals surface area contributed by atoms with Crippen molar-refractivity contribution in [3.8, 4) is 0 Å². The van der Waals surface area contributed by atoms with Crippen LogP contribution in [-0.4, -0.2) is 6.18 Å². The first-order valence-electron chi connectivity index (χ1n) is 1.07. The zero-order valence-electron chi connectivity index (χ0n) is 2.94. The molecule has 0 amide bonds. The third kappa shape index (κ3) is 201. The fourth-order valence-electron chi connectivity index (χ4n) is 0. The number of halogens is 3. The van der Waals surface area contributed by atoms with E-state index in [0.29, 0.717) is 0 Å². The molecule has 0 spiro atoms. The van der Waals surface area contributed by atoms with Crippen molar-refractivity contribution < 1.29 is 35.6 Å². The van der Waals surface area contributed by atoms with Gasteiger partial charge in [0.2, 0.25) is 0 Å². The second-order valence-corrected chi connectivity index (χ2v) is 0.781. The molecule has 0 aromatic rings. The molecule has 0 aromatic carbocycles. The fourth-order valence-corrected chi connectivity index (χ4v) is 0. The maximum absolute atomic E-state index is 10.4. The molecule has 0 nitrogen and oxygen atoms in total. The van der Waals surface area contributed by atoms with E-state index in [0.717, 1.165) is 0 Å². The Bertz CT molecular complexity index is 24.3. The molecule has 0 saturated heterocycles. The molecule has 0 aliphatic carbocycles. The second-order valence-electron chi connectivity index (χ2n) is 0.781. The number of hydrogen-bond acceptors (Lipinski definition) is 0. The van der Waals surface area contributed by atoms with Crippen molar-refractivity contribution in [1.82, 2.24) is 0 Å². The topological polar surface area (TPSA) is 0 Å². The average molecular weight is 192 g/mol. The normalized spacial score (nSPS) is 10.0. The largest absolute Gasteiger partial charge is 0.386 e. The van der Waals surface area contributed by atoms with Crippen LogP contribution in [0.2, 0.25) is 0 Å². The van der Waals surface area contributed by atoms with Crippen LogP contribution in [0, 0.1) is 0 Å². The Morgan fingerprint density at radius 1 is 1.17 bits per heavy atom. The van der Waals surface area contributed by atoms with Crippen LogP contribution in [0.5, 0.6) is 0 Å². The van der Waals surface area contributed by atoms with E-state index in [2.05, 4.69) is 0 Å². The third-order valence-corrected chi connectivity index (χ3v) is 0. The van der Waals surface area contributed by atoms with Gasteiger partial charge in [-0.3, -0.25) is 0 Å². The van der Waals surface area contributed by atoms with Crippen LogP contribution in [0.3, 0.4) is 0 Å². The smallest absolute Gasteiger partial charge is 0.172 e. The molecule has 0 aliphatic rings. The first kappa shape index (κ1) is 9.73. The van der Waals surface area contributed by atoms with E-state index in [9.17, 15) is 13.2 Å². The van der Waals surface area contributed by atoms with Gasteiger partial charge in [-0.15, -0.1) is 0 Å². The molecule has 0 fully saturated rings. The maximum Gasteiger partial charge on any atom is 0.386 e. The minimum atomic E-state index is -4.00. The van der Waals surface area contributed by atoms with E-state index >= 15 is 0 Å². The zero-order chi connectivity index (χ0) is 4.50. The summed E-state index contributed by atoms with van der Waals surface area (Å²) in [7, 11) is 0. The fraction of sp³-hybridized carbons (Fsp3) is 1.00. The van der Waals surface area contributed by atoms with Crippen molar-refractivity contribution in [2.45, 2.75) is 13.1 Å². The van der Waals surface area contributed by atoms with Gasteiger partial charge >= 0.3 is 6.18 Å². The Balaban J connectivity index is 0. The van der Waals surface area contributed by atoms with Gasteiger partial charge in [0.15, 0.2) is 0 Å². The van der Waals surface area contributed by atoms with Crippen LogP contribution in [0.4, 0.5) is 13.2 Å². The first-order valence-corrected chi connectivity index (χ1v) is 1.07. The molecule has 0 rings (SSSR count). The van der Waals surface area contributed by atoms with Crippen LogP contribution in [-0.2, 0) is 22.4 Å². The molecule has 0 atom stereocenters. The van der Waals surface area contributed by atoms with Gasteiger partial charge in [-0.1, -0.05) is 0 Å². The van der Waals surface area contributed by atoms with Crippen molar-refractivity contribution in [3.05, 3.63) is 0 Å². The summed E-state index contributed by atoms with van der Waals surface area (Å²) in [4.78, 5) is 0. The molecule has 0 unspecified atom stereocenters. The summed E-state index contributed by atoms with van der Waals surface area (Å²) in [6.07, 6.45) is -4.00. The van der Waals surface area contributed by atoms with Gasteiger partial charge in [-0.2, -0.15) is 13.2 Å². The Morgan fingerprint density at radius 3 is 1.17 bits per heavy atom. The van der Waals surface area contributed by atoms with Gasteiger partial charge in [0.05, 0.1) is 0 Å². The molecule has 0 heterocycles. The van der Waals surface area contributed by atoms with Crippen molar-refractivity contribution >= 4 is 0 Å². The monoisotopic (exact) mass is 191 g/mol. The molecule has 0 aliphatic heterocycles. The Kier molecular flexibility index (Phi) is 4.32. The third-order valence-electron chi connectivity index (χ3n) is 0. The SMILES string of the molecule is CC(F)(F)F.[Ag].